The SMILES string of the molecule is CCN1C(=CC=CC2=[N+](CCCCCC(=O)O)c3ccc(SOON)cc3C2(C)C)C(C)(C)c2cc(S(N)(=O)=O)ccc21. The first-order valence-corrected chi connectivity index (χ1v) is 16.6. The van der Waals surface area contributed by atoms with Crippen molar-refractivity contribution in [1.82, 2.24) is 0 Å². The van der Waals surface area contributed by atoms with E-state index in [1.807, 2.05) is 12.1 Å². The molecule has 5 N–H and O–H groups in total. The van der Waals surface area contributed by atoms with Crippen LogP contribution in [0.2, 0.25) is 0 Å². The van der Waals surface area contributed by atoms with E-state index in [1.54, 1.807) is 12.1 Å². The van der Waals surface area contributed by atoms with Crippen molar-refractivity contribution in [3.05, 3.63) is 71.5 Å². The molecule has 0 unspecified atom stereocenters. The van der Waals surface area contributed by atoms with Crippen molar-refractivity contribution < 1.29 is 32.2 Å². The first kappa shape index (κ1) is 32.9. The molecular formula is C31H41N4O6S2+. The van der Waals surface area contributed by atoms with Crippen molar-refractivity contribution in [3.8, 4) is 0 Å². The summed E-state index contributed by atoms with van der Waals surface area (Å²) in [5, 5.41) is 14.5. The number of unbranched alkanes of at least 4 members (excludes halogenated alkanes) is 2. The molecule has 0 bridgehead atoms. The van der Waals surface area contributed by atoms with Crippen molar-refractivity contribution in [2.75, 3.05) is 18.0 Å². The Bertz CT molecular complexity index is 1600. The number of carbonyl (C=O) groups is 1. The molecule has 4 rings (SSSR count). The van der Waals surface area contributed by atoms with E-state index in [1.165, 1.54) is 0 Å². The molecule has 2 aliphatic heterocycles. The zero-order valence-electron chi connectivity index (χ0n) is 25.3. The number of carboxylic acid groups (broad SMARTS) is 1. The summed E-state index contributed by atoms with van der Waals surface area (Å²) in [7, 11) is -3.83. The lowest BCUT2D eigenvalue weighted by Crippen LogP contribution is -2.28. The average Bonchev–Trinajstić information content (AvgIpc) is 3.29. The lowest BCUT2D eigenvalue weighted by Gasteiger charge is -2.25. The highest BCUT2D eigenvalue weighted by Crippen LogP contribution is 2.48. The smallest absolute Gasteiger partial charge is 0.303 e. The van der Waals surface area contributed by atoms with E-state index < -0.39 is 21.4 Å². The maximum absolute atomic E-state index is 12.1. The van der Waals surface area contributed by atoms with Crippen LogP contribution in [-0.4, -0.2) is 42.9 Å². The van der Waals surface area contributed by atoms with E-state index >= 15 is 0 Å². The highest BCUT2D eigenvalue weighted by Gasteiger charge is 2.44. The van der Waals surface area contributed by atoms with Crippen LogP contribution >= 0.6 is 12.0 Å². The summed E-state index contributed by atoms with van der Waals surface area (Å²) < 4.78 is 31.4. The number of carboxylic acids is 1. The van der Waals surface area contributed by atoms with E-state index in [9.17, 15) is 13.2 Å². The Hall–Kier alpha value is -3.00. The van der Waals surface area contributed by atoms with Gasteiger partial charge in [0.1, 0.15) is 6.54 Å². The quantitative estimate of drug-likeness (QED) is 0.0866. The highest BCUT2D eigenvalue weighted by atomic mass is 32.2. The number of anilines is 1. The lowest BCUT2D eigenvalue weighted by molar-refractivity contribution is -0.438. The maximum Gasteiger partial charge on any atom is 0.303 e. The van der Waals surface area contributed by atoms with Crippen LogP contribution in [0, 0.1) is 0 Å². The van der Waals surface area contributed by atoms with Crippen molar-refractivity contribution in [1.29, 1.82) is 0 Å². The molecule has 232 valence electrons. The fourth-order valence-corrected chi connectivity index (χ4v) is 7.08. The van der Waals surface area contributed by atoms with Crippen LogP contribution in [0.3, 0.4) is 0 Å². The van der Waals surface area contributed by atoms with Crippen LogP contribution in [0.5, 0.6) is 0 Å². The molecule has 2 aromatic carbocycles. The Labute approximate surface area is 258 Å². The van der Waals surface area contributed by atoms with Gasteiger partial charge in [-0.05, 0) is 75.6 Å². The fourth-order valence-electron chi connectivity index (χ4n) is 6.13. The molecule has 12 heteroatoms. The van der Waals surface area contributed by atoms with Crippen LogP contribution in [0.15, 0.2) is 70.1 Å². The summed E-state index contributed by atoms with van der Waals surface area (Å²) in [5.41, 5.74) is 5.49. The van der Waals surface area contributed by atoms with Crippen LogP contribution in [0.4, 0.5) is 11.4 Å². The molecule has 0 fully saturated rings. The molecule has 2 aliphatic rings. The molecule has 2 heterocycles. The Morgan fingerprint density at radius 2 is 1.81 bits per heavy atom. The van der Waals surface area contributed by atoms with Gasteiger partial charge in [0, 0.05) is 58.8 Å². The van der Waals surface area contributed by atoms with Gasteiger partial charge in [-0.2, -0.15) is 10.5 Å². The number of nitrogens with two attached hydrogens (primary N) is 2. The van der Waals surface area contributed by atoms with Gasteiger partial charge < -0.3 is 10.0 Å². The Morgan fingerprint density at radius 1 is 1.07 bits per heavy atom. The third-order valence-electron chi connectivity index (χ3n) is 8.32. The Morgan fingerprint density at radius 3 is 2.47 bits per heavy atom. The van der Waals surface area contributed by atoms with E-state index in [2.05, 4.69) is 79.4 Å². The number of hydrogen-bond donors (Lipinski definition) is 3. The average molecular weight is 630 g/mol. The van der Waals surface area contributed by atoms with Gasteiger partial charge >= 0.3 is 5.97 Å². The number of allylic oxidation sites excluding steroid dienone is 4. The minimum Gasteiger partial charge on any atom is -0.481 e. The Balaban J connectivity index is 1.71. The second-order valence-corrected chi connectivity index (χ2v) is 14.1. The van der Waals surface area contributed by atoms with Gasteiger partial charge in [-0.1, -0.05) is 19.9 Å². The fraction of sp³-hybridized carbons (Fsp3) is 0.419. The summed E-state index contributed by atoms with van der Waals surface area (Å²) in [6.07, 6.45) is 8.77. The molecule has 0 atom stereocenters. The number of fused-ring (bicyclic) bond motifs is 2. The monoisotopic (exact) mass is 629 g/mol. The Kier molecular flexibility index (Phi) is 9.89. The van der Waals surface area contributed by atoms with Crippen LogP contribution < -0.4 is 15.9 Å². The largest absolute Gasteiger partial charge is 0.481 e. The van der Waals surface area contributed by atoms with Crippen LogP contribution in [0.1, 0.15) is 71.4 Å². The van der Waals surface area contributed by atoms with Gasteiger partial charge in [0.05, 0.1) is 22.4 Å². The predicted octanol–water partition coefficient (Wildman–Crippen LogP) is 5.44. The van der Waals surface area contributed by atoms with Gasteiger partial charge in [0.2, 0.25) is 15.7 Å². The standard InChI is InChI=1S/C31H40N4O6S2/c1-6-34-25-17-15-22(43(33,38)39)20-24(25)31(4,5)27(34)11-10-12-28-30(2,3)23-19-21(42-41-40-32)14-16-26(23)35(28)18-9-7-8-13-29(36)37/h10-12,14-17,19-20H,6-9,13,18,32H2,1-5H3,(H2-,33,36,37,38,39)/p+1. The molecule has 0 saturated carbocycles. The number of sulfonamides is 1. The van der Waals surface area contributed by atoms with E-state index in [0.717, 1.165) is 76.8 Å². The second kappa shape index (κ2) is 12.9. The number of rotatable bonds is 13. The molecule has 43 heavy (non-hydrogen) atoms. The van der Waals surface area contributed by atoms with Gasteiger partial charge in [-0.25, -0.2) is 13.6 Å². The molecule has 2 aromatic rings. The number of benzene rings is 2. The molecule has 0 aliphatic carbocycles. The van der Waals surface area contributed by atoms with E-state index in [4.69, 9.17) is 20.5 Å². The molecule has 0 amide bonds. The summed E-state index contributed by atoms with van der Waals surface area (Å²) in [6, 6.07) is 11.2. The molecule has 0 aromatic heterocycles. The number of hydrogen-bond acceptors (Lipinski definition) is 8. The minimum absolute atomic E-state index is 0.105. The van der Waals surface area contributed by atoms with Gasteiger partial charge in [0.25, 0.3) is 0 Å². The summed E-state index contributed by atoms with van der Waals surface area (Å²) in [6.45, 7) is 12.1. The highest BCUT2D eigenvalue weighted by molar-refractivity contribution is 7.94. The third kappa shape index (κ3) is 6.74. The summed E-state index contributed by atoms with van der Waals surface area (Å²) in [4.78, 5) is 18.4. The molecular weight excluding hydrogens is 588 g/mol. The molecule has 10 nitrogen and oxygen atoms in total. The van der Waals surface area contributed by atoms with E-state index in [-0.39, 0.29) is 16.7 Å². The summed E-state index contributed by atoms with van der Waals surface area (Å²) in [5.74, 6) is 4.27. The number of likely N-dealkylation sites (N-methyl/N-ethyl adjacent to an activating group) is 1. The van der Waals surface area contributed by atoms with Gasteiger partial charge in [-0.3, -0.25) is 4.79 Å². The lowest BCUT2D eigenvalue weighted by atomic mass is 9.81. The van der Waals surface area contributed by atoms with Gasteiger partial charge in [-0.15, -0.1) is 9.32 Å². The van der Waals surface area contributed by atoms with Crippen molar-refractivity contribution in [3.63, 3.8) is 0 Å². The predicted molar refractivity (Wildman–Crippen MR) is 169 cm³/mol. The maximum atomic E-state index is 12.1. The van der Waals surface area contributed by atoms with E-state index in [0.29, 0.717) is 6.42 Å². The molecule has 0 radical (unpaired) electrons. The second-order valence-electron chi connectivity index (χ2n) is 11.8. The minimum atomic E-state index is -3.83. The van der Waals surface area contributed by atoms with Crippen LogP contribution in [-0.2, 0) is 35.0 Å². The van der Waals surface area contributed by atoms with Gasteiger partial charge in [0.15, 0.2) is 5.71 Å². The summed E-state index contributed by atoms with van der Waals surface area (Å²) >= 11 is 1.04. The topological polar surface area (TPSA) is 148 Å². The van der Waals surface area contributed by atoms with Crippen LogP contribution in [0.25, 0.3) is 0 Å². The van der Waals surface area contributed by atoms with Crippen molar-refractivity contribution in [2.24, 2.45) is 11.0 Å². The zero-order valence-corrected chi connectivity index (χ0v) is 26.9. The molecule has 0 spiro atoms. The van der Waals surface area contributed by atoms with Crippen molar-refractivity contribution in [2.45, 2.75) is 80.9 Å². The first-order valence-electron chi connectivity index (χ1n) is 14.3. The molecule has 0 saturated heterocycles. The van der Waals surface area contributed by atoms with Crippen molar-refractivity contribution >= 4 is 45.1 Å². The zero-order chi connectivity index (χ0) is 31.6. The number of aliphatic carboxylic acids is 1. The first-order chi connectivity index (χ1) is 20.2. The normalized spacial score (nSPS) is 18.1. The number of nitrogens with zero attached hydrogens (tertiary/aromatic N) is 2. The number of primary sulfonamides is 1. The third-order valence-corrected chi connectivity index (χ3v) is 9.83.